The van der Waals surface area contributed by atoms with Crippen LogP contribution in [0.2, 0.25) is 0 Å². The number of nitrogens with one attached hydrogen (secondary N) is 2. The third kappa shape index (κ3) is 5.99. The molecule has 100 valence electrons. The Labute approximate surface area is 102 Å². The number of hydrogen-bond acceptors (Lipinski definition) is 5. The van der Waals surface area contributed by atoms with Crippen LogP contribution in [0.4, 0.5) is 0 Å². The summed E-state index contributed by atoms with van der Waals surface area (Å²) < 4.78 is 22.7. The van der Waals surface area contributed by atoms with Gasteiger partial charge >= 0.3 is 0 Å². The van der Waals surface area contributed by atoms with E-state index in [1.165, 1.54) is 0 Å². The lowest BCUT2D eigenvalue weighted by Crippen LogP contribution is -2.47. The lowest BCUT2D eigenvalue weighted by molar-refractivity contribution is -0.121. The van der Waals surface area contributed by atoms with Gasteiger partial charge in [-0.3, -0.25) is 4.79 Å². The molecule has 1 rings (SSSR count). The smallest absolute Gasteiger partial charge is 0.221 e. The fraction of sp³-hybridized carbons (Fsp3) is 0.900. The first kappa shape index (κ1) is 14.4. The predicted octanol–water partition coefficient (Wildman–Crippen LogP) is -1.35. The minimum atomic E-state index is -2.99. The Hall–Kier alpha value is -0.660. The molecule has 6 nitrogen and oxygen atoms in total. The molecule has 1 heterocycles. The molecule has 0 saturated carbocycles. The van der Waals surface area contributed by atoms with E-state index in [2.05, 4.69) is 10.6 Å². The Balaban J connectivity index is 2.26. The summed E-state index contributed by atoms with van der Waals surface area (Å²) in [4.78, 5) is 11.5. The molecule has 0 aromatic heterocycles. The Morgan fingerprint density at radius 1 is 1.59 bits per heavy atom. The van der Waals surface area contributed by atoms with Crippen LogP contribution in [-0.2, 0) is 14.6 Å². The van der Waals surface area contributed by atoms with Crippen LogP contribution in [0.1, 0.15) is 19.8 Å². The van der Waals surface area contributed by atoms with Crippen LogP contribution in [0.25, 0.3) is 0 Å². The van der Waals surface area contributed by atoms with Crippen molar-refractivity contribution in [2.24, 2.45) is 0 Å². The van der Waals surface area contributed by atoms with Crippen LogP contribution in [0, 0.1) is 0 Å². The molecule has 0 aromatic carbocycles. The first-order valence-corrected chi connectivity index (χ1v) is 7.60. The standard InChI is InChI=1S/C10H20N2O4S/c1-8(13)2-3-12-10(14)6-9-7-17(15,16)5-4-11-9/h8-9,11,13H,2-7H2,1H3,(H,12,14). The van der Waals surface area contributed by atoms with Crippen molar-refractivity contribution in [2.45, 2.75) is 31.9 Å². The summed E-state index contributed by atoms with van der Waals surface area (Å²) in [7, 11) is -2.99. The molecule has 17 heavy (non-hydrogen) atoms. The molecule has 1 saturated heterocycles. The van der Waals surface area contributed by atoms with Gasteiger partial charge in [-0.05, 0) is 13.3 Å². The highest BCUT2D eigenvalue weighted by Crippen LogP contribution is 2.04. The highest BCUT2D eigenvalue weighted by atomic mass is 32.2. The summed E-state index contributed by atoms with van der Waals surface area (Å²) in [5.41, 5.74) is 0. The Kier molecular flexibility index (Phi) is 5.35. The van der Waals surface area contributed by atoms with Crippen molar-refractivity contribution in [1.82, 2.24) is 10.6 Å². The van der Waals surface area contributed by atoms with Gasteiger partial charge in [0.25, 0.3) is 0 Å². The highest BCUT2D eigenvalue weighted by molar-refractivity contribution is 7.91. The van der Waals surface area contributed by atoms with Gasteiger partial charge in [0.2, 0.25) is 5.91 Å². The second-order valence-electron chi connectivity index (χ2n) is 4.46. The van der Waals surface area contributed by atoms with Crippen molar-refractivity contribution < 1.29 is 18.3 Å². The van der Waals surface area contributed by atoms with Gasteiger partial charge in [0.15, 0.2) is 9.84 Å². The van der Waals surface area contributed by atoms with Crippen molar-refractivity contribution in [3.05, 3.63) is 0 Å². The van der Waals surface area contributed by atoms with Crippen LogP contribution in [0.15, 0.2) is 0 Å². The maximum Gasteiger partial charge on any atom is 0.221 e. The predicted molar refractivity (Wildman–Crippen MR) is 64.4 cm³/mol. The van der Waals surface area contributed by atoms with Gasteiger partial charge in [-0.25, -0.2) is 8.42 Å². The third-order valence-electron chi connectivity index (χ3n) is 2.62. The summed E-state index contributed by atoms with van der Waals surface area (Å²) in [5, 5.41) is 14.7. The van der Waals surface area contributed by atoms with Crippen LogP contribution in [-0.4, -0.2) is 56.2 Å². The molecule has 1 fully saturated rings. The molecule has 2 unspecified atom stereocenters. The molecule has 0 spiro atoms. The summed E-state index contributed by atoms with van der Waals surface area (Å²) in [6.07, 6.45) is 0.227. The molecule has 0 aromatic rings. The number of sulfone groups is 1. The van der Waals surface area contributed by atoms with E-state index in [0.717, 1.165) is 0 Å². The van der Waals surface area contributed by atoms with Gasteiger partial charge in [-0.2, -0.15) is 0 Å². The van der Waals surface area contributed by atoms with E-state index >= 15 is 0 Å². The minimum Gasteiger partial charge on any atom is -0.393 e. The molecule has 0 radical (unpaired) electrons. The highest BCUT2D eigenvalue weighted by Gasteiger charge is 2.25. The van der Waals surface area contributed by atoms with Crippen molar-refractivity contribution in [1.29, 1.82) is 0 Å². The number of aliphatic hydroxyl groups excluding tert-OH is 1. The van der Waals surface area contributed by atoms with E-state index in [1.54, 1.807) is 6.92 Å². The van der Waals surface area contributed by atoms with E-state index in [1.807, 2.05) is 0 Å². The molecule has 0 aliphatic carbocycles. The summed E-state index contributed by atoms with van der Waals surface area (Å²) in [6, 6.07) is -0.291. The van der Waals surface area contributed by atoms with Crippen LogP contribution in [0.5, 0.6) is 0 Å². The molecule has 1 aliphatic rings. The Bertz CT molecular complexity index is 353. The van der Waals surface area contributed by atoms with Gasteiger partial charge < -0.3 is 15.7 Å². The van der Waals surface area contributed by atoms with Crippen molar-refractivity contribution in [3.8, 4) is 0 Å². The third-order valence-corrected chi connectivity index (χ3v) is 4.35. The fourth-order valence-electron chi connectivity index (χ4n) is 1.71. The van der Waals surface area contributed by atoms with E-state index in [4.69, 9.17) is 5.11 Å². The normalized spacial score (nSPS) is 25.2. The van der Waals surface area contributed by atoms with Crippen molar-refractivity contribution >= 4 is 15.7 Å². The van der Waals surface area contributed by atoms with Crippen LogP contribution < -0.4 is 10.6 Å². The number of rotatable bonds is 5. The van der Waals surface area contributed by atoms with E-state index < -0.39 is 15.9 Å². The lowest BCUT2D eigenvalue weighted by atomic mass is 10.2. The summed E-state index contributed by atoms with van der Waals surface area (Å²) in [6.45, 7) is 2.48. The van der Waals surface area contributed by atoms with E-state index in [-0.39, 0.29) is 29.9 Å². The van der Waals surface area contributed by atoms with Crippen molar-refractivity contribution in [2.75, 3.05) is 24.6 Å². The molecule has 1 amide bonds. The zero-order valence-electron chi connectivity index (χ0n) is 9.98. The van der Waals surface area contributed by atoms with Gasteiger partial charge in [0.05, 0.1) is 17.6 Å². The quantitative estimate of drug-likeness (QED) is 0.570. The zero-order chi connectivity index (χ0) is 12.9. The maximum absolute atomic E-state index is 11.5. The molecule has 7 heteroatoms. The molecule has 2 atom stereocenters. The average molecular weight is 264 g/mol. The molecule has 1 aliphatic heterocycles. The first-order chi connectivity index (χ1) is 7.89. The molecular formula is C10H20N2O4S. The van der Waals surface area contributed by atoms with Gasteiger partial charge in [-0.1, -0.05) is 0 Å². The van der Waals surface area contributed by atoms with E-state index in [9.17, 15) is 13.2 Å². The average Bonchev–Trinajstić information content (AvgIpc) is 2.14. The monoisotopic (exact) mass is 264 g/mol. The second kappa shape index (κ2) is 6.32. The molecular weight excluding hydrogens is 244 g/mol. The zero-order valence-corrected chi connectivity index (χ0v) is 10.8. The summed E-state index contributed by atoms with van der Waals surface area (Å²) in [5.74, 6) is -0.00972. The number of aliphatic hydroxyl groups is 1. The van der Waals surface area contributed by atoms with Gasteiger partial charge in [0.1, 0.15) is 0 Å². The van der Waals surface area contributed by atoms with E-state index in [0.29, 0.717) is 19.5 Å². The molecule has 0 bridgehead atoms. The topological polar surface area (TPSA) is 95.5 Å². The van der Waals surface area contributed by atoms with Crippen LogP contribution >= 0.6 is 0 Å². The largest absolute Gasteiger partial charge is 0.393 e. The fourth-order valence-corrected chi connectivity index (χ4v) is 3.16. The molecule has 3 N–H and O–H groups in total. The van der Waals surface area contributed by atoms with Crippen LogP contribution in [0.3, 0.4) is 0 Å². The Morgan fingerprint density at radius 3 is 2.88 bits per heavy atom. The summed E-state index contributed by atoms with van der Waals surface area (Å²) >= 11 is 0. The first-order valence-electron chi connectivity index (χ1n) is 5.77. The maximum atomic E-state index is 11.5. The number of amides is 1. The second-order valence-corrected chi connectivity index (χ2v) is 6.69. The van der Waals surface area contributed by atoms with Gasteiger partial charge in [0, 0.05) is 25.6 Å². The SMILES string of the molecule is CC(O)CCNC(=O)CC1CS(=O)(=O)CCN1. The number of hydrogen-bond donors (Lipinski definition) is 3. The number of carbonyl (C=O) groups excluding carboxylic acids is 1. The Morgan fingerprint density at radius 2 is 2.29 bits per heavy atom. The number of carbonyl (C=O) groups is 1. The van der Waals surface area contributed by atoms with Gasteiger partial charge in [-0.15, -0.1) is 0 Å². The van der Waals surface area contributed by atoms with Crippen molar-refractivity contribution in [3.63, 3.8) is 0 Å². The minimum absolute atomic E-state index is 0.0246. The lowest BCUT2D eigenvalue weighted by Gasteiger charge is -2.23.